The van der Waals surface area contributed by atoms with Crippen molar-refractivity contribution in [2.24, 2.45) is 0 Å². The highest BCUT2D eigenvalue weighted by atomic mass is 16.5. The molecular formula is C80H131N11O8. The van der Waals surface area contributed by atoms with Gasteiger partial charge in [0.25, 0.3) is 23.6 Å². The Labute approximate surface area is 598 Å². The lowest BCUT2D eigenvalue weighted by Gasteiger charge is -2.48. The first-order chi connectivity index (χ1) is 45.5. The number of carbonyl (C=O) groups excluding carboxylic acids is 4. The van der Waals surface area contributed by atoms with E-state index in [9.17, 15) is 19.2 Å². The van der Waals surface area contributed by atoms with Crippen LogP contribution in [0, 0.1) is 27.7 Å². The van der Waals surface area contributed by atoms with Gasteiger partial charge < -0.3 is 38.5 Å². The Kier molecular flexibility index (Phi) is 32.5. The molecule has 0 saturated carbocycles. The average Bonchev–Trinajstić information content (AvgIpc) is 1.80. The summed E-state index contributed by atoms with van der Waals surface area (Å²) in [6, 6.07) is 25.1. The average molecular weight is 1370 g/mol. The van der Waals surface area contributed by atoms with Crippen molar-refractivity contribution in [3.05, 3.63) is 117 Å². The minimum absolute atomic E-state index is 0. The molecule has 0 N–H and O–H groups in total. The molecule has 4 aromatic rings. The van der Waals surface area contributed by atoms with Crippen LogP contribution >= 0.6 is 0 Å². The molecule has 0 spiro atoms. The highest BCUT2D eigenvalue weighted by molar-refractivity contribution is 5.98. The van der Waals surface area contributed by atoms with E-state index in [0.29, 0.717) is 48.9 Å². The Hall–Kier alpha value is -6.32. The molecule has 0 bridgehead atoms. The van der Waals surface area contributed by atoms with Gasteiger partial charge in [-0.2, -0.15) is 0 Å². The third-order valence-electron chi connectivity index (χ3n) is 21.4. The lowest BCUT2D eigenvalue weighted by Crippen LogP contribution is -2.64. The Morgan fingerprint density at radius 1 is 0.374 bits per heavy atom. The third kappa shape index (κ3) is 20.9. The number of hydrogen-bond donors (Lipinski definition) is 0. The largest absolute Gasteiger partial charge is 0.496 e. The first-order valence-corrected chi connectivity index (χ1v) is 35.6. The lowest BCUT2D eigenvalue weighted by atomic mass is 10.0. The number of methoxy groups -OCH3 is 3. The Morgan fingerprint density at radius 3 is 1.03 bits per heavy atom. The SMILES string of the molecule is C.C.C.C.COc1cc(C(=O)N2CC(N3CCN(C(C)C)CC3)C2)ccc1C.COc1cc(C(=O)N2CC[C@@H](N3CCN(C(C)C)CC3)C2)ccc1C.COc1cc(C(=O)N2CC[C@H](N3CCN(C(C)C)CC3)C2)ccc1C.Cc1ccc(C(=O)N2CCN(C(C)C)CC2)c2c1OCC2. The molecule has 99 heavy (non-hydrogen) atoms. The fourth-order valence-corrected chi connectivity index (χ4v) is 14.8. The molecule has 2 atom stereocenters. The number of carbonyl (C=O) groups is 4. The minimum Gasteiger partial charge on any atom is -0.496 e. The predicted molar refractivity (Wildman–Crippen MR) is 406 cm³/mol. The number of amides is 4. The van der Waals surface area contributed by atoms with Crippen molar-refractivity contribution in [3.63, 3.8) is 0 Å². The van der Waals surface area contributed by atoms with Gasteiger partial charge >= 0.3 is 0 Å². The number of piperazine rings is 4. The molecule has 8 aliphatic rings. The van der Waals surface area contributed by atoms with Crippen LogP contribution in [0.3, 0.4) is 0 Å². The summed E-state index contributed by atoms with van der Waals surface area (Å²) < 4.78 is 21.7. The molecule has 0 unspecified atom stereocenters. The molecule has 12 rings (SSSR count). The molecule has 7 fully saturated rings. The second-order valence-electron chi connectivity index (χ2n) is 28.6. The van der Waals surface area contributed by atoms with Crippen LogP contribution in [0.25, 0.3) is 0 Å². The molecule has 4 amide bonds. The van der Waals surface area contributed by atoms with Crippen molar-refractivity contribution in [2.75, 3.05) is 172 Å². The van der Waals surface area contributed by atoms with Crippen LogP contribution in [0.5, 0.6) is 23.0 Å². The van der Waals surface area contributed by atoms with Crippen LogP contribution in [0.15, 0.2) is 66.7 Å². The van der Waals surface area contributed by atoms with Crippen LogP contribution in [0.2, 0.25) is 0 Å². The number of ether oxygens (including phenoxy) is 4. The Balaban J connectivity index is 0.000000235. The number of benzene rings is 4. The van der Waals surface area contributed by atoms with Crippen LogP contribution in [0.4, 0.5) is 0 Å². The van der Waals surface area contributed by atoms with Gasteiger partial charge in [-0.15, -0.1) is 0 Å². The highest BCUT2D eigenvalue weighted by Gasteiger charge is 2.38. The van der Waals surface area contributed by atoms with Gasteiger partial charge in [0.1, 0.15) is 23.0 Å². The van der Waals surface area contributed by atoms with Gasteiger partial charge in [0.05, 0.1) is 27.9 Å². The summed E-state index contributed by atoms with van der Waals surface area (Å²) in [6.45, 7) is 48.9. The number of hydrogen-bond acceptors (Lipinski definition) is 15. The van der Waals surface area contributed by atoms with Gasteiger partial charge in [-0.3, -0.25) is 53.5 Å². The number of likely N-dealkylation sites (tertiary alicyclic amines) is 3. The summed E-state index contributed by atoms with van der Waals surface area (Å²) in [7, 11) is 4.95. The number of nitrogens with zero attached hydrogens (tertiary/aromatic N) is 11. The summed E-state index contributed by atoms with van der Waals surface area (Å²) in [5.74, 6) is 3.82. The van der Waals surface area contributed by atoms with Crippen molar-refractivity contribution >= 4 is 23.6 Å². The number of fused-ring (bicyclic) bond motifs is 1. The molecule has 8 aliphatic heterocycles. The minimum atomic E-state index is 0. The molecule has 0 radical (unpaired) electrons. The normalized spacial score (nSPS) is 20.3. The zero-order valence-electron chi connectivity index (χ0n) is 60.5. The molecule has 0 aliphatic carbocycles. The molecule has 7 saturated heterocycles. The summed E-state index contributed by atoms with van der Waals surface area (Å²) >= 11 is 0. The monoisotopic (exact) mass is 1370 g/mol. The fourth-order valence-electron chi connectivity index (χ4n) is 14.8. The van der Waals surface area contributed by atoms with E-state index in [1.165, 1.54) is 0 Å². The topological polar surface area (TPSA) is 141 Å². The first kappa shape index (κ1) is 83.3. The maximum absolute atomic E-state index is 12.8. The van der Waals surface area contributed by atoms with Crippen molar-refractivity contribution in [1.29, 1.82) is 0 Å². The third-order valence-corrected chi connectivity index (χ3v) is 21.4. The summed E-state index contributed by atoms with van der Waals surface area (Å²) in [4.78, 5) is 76.7. The van der Waals surface area contributed by atoms with E-state index in [2.05, 4.69) is 89.7 Å². The van der Waals surface area contributed by atoms with Crippen LogP contribution in [0.1, 0.15) is 167 Å². The van der Waals surface area contributed by atoms with Gasteiger partial charge in [0.2, 0.25) is 0 Å². The van der Waals surface area contributed by atoms with Crippen molar-refractivity contribution in [2.45, 2.75) is 174 Å². The molecular weight excluding hydrogens is 1240 g/mol. The molecule has 19 heteroatoms. The van der Waals surface area contributed by atoms with Crippen LogP contribution in [-0.4, -0.2) is 292 Å². The van der Waals surface area contributed by atoms with Gasteiger partial charge in [-0.25, -0.2) is 0 Å². The second-order valence-corrected chi connectivity index (χ2v) is 28.6. The first-order valence-electron chi connectivity index (χ1n) is 35.6. The standard InChI is InChI=1S/2C20H31N3O2.C19H29N3O2.C17H24N2O2.4CH4/c2*1-15(2)21-9-11-22(12-10-21)18-7-8-23(14-18)20(24)17-6-5-16(3)19(13-17)25-4;1-14(2)20-7-9-21(10-8-20)17-12-22(13-17)19(23)16-6-5-15(3)18(11-16)24-4;1-12(2)18-7-9-19(10-8-18)17(20)15-5-4-13(3)16-14(15)6-11-21-16;;;;/h2*5-6,13,15,18H,7-12,14H2,1-4H3;5-6,11,14,17H,7-10,12-13H2,1-4H3;4-5,12H,6-11H2,1-3H3;4*1H4/t2*18-;;;;;;/m10....../s1. The van der Waals surface area contributed by atoms with Crippen LogP contribution < -0.4 is 18.9 Å². The van der Waals surface area contributed by atoms with E-state index in [1.807, 2.05) is 114 Å². The summed E-state index contributed by atoms with van der Waals surface area (Å²) in [5.41, 5.74) is 8.42. The Morgan fingerprint density at radius 2 is 0.687 bits per heavy atom. The van der Waals surface area contributed by atoms with E-state index in [1.54, 1.807) is 21.3 Å². The second kappa shape index (κ2) is 38.6. The molecule has 4 aromatic carbocycles. The maximum Gasteiger partial charge on any atom is 0.254 e. The maximum atomic E-state index is 12.8. The fraction of sp³-hybridized carbons (Fsp3) is 0.650. The highest BCUT2D eigenvalue weighted by Crippen LogP contribution is 2.34. The van der Waals surface area contributed by atoms with Crippen LogP contribution in [-0.2, 0) is 6.42 Å². The summed E-state index contributed by atoms with van der Waals surface area (Å²) in [6.07, 6.45) is 3.01. The van der Waals surface area contributed by atoms with Crippen molar-refractivity contribution in [3.8, 4) is 23.0 Å². The molecule has 0 aromatic heterocycles. The van der Waals surface area contributed by atoms with Gasteiger partial charge in [0, 0.05) is 221 Å². The predicted octanol–water partition coefficient (Wildman–Crippen LogP) is 11.0. The van der Waals surface area contributed by atoms with Gasteiger partial charge in [-0.1, -0.05) is 54.0 Å². The van der Waals surface area contributed by atoms with E-state index in [4.69, 9.17) is 18.9 Å². The molecule has 554 valence electrons. The quantitative estimate of drug-likeness (QED) is 0.118. The van der Waals surface area contributed by atoms with Crippen molar-refractivity contribution < 1.29 is 38.1 Å². The van der Waals surface area contributed by atoms with Crippen molar-refractivity contribution in [1.82, 2.24) is 53.9 Å². The zero-order valence-corrected chi connectivity index (χ0v) is 60.5. The number of rotatable bonds is 14. The van der Waals surface area contributed by atoms with E-state index in [-0.39, 0.29) is 53.3 Å². The smallest absolute Gasteiger partial charge is 0.254 e. The van der Waals surface area contributed by atoms with E-state index < -0.39 is 0 Å². The van der Waals surface area contributed by atoms with E-state index >= 15 is 0 Å². The zero-order chi connectivity index (χ0) is 68.2. The van der Waals surface area contributed by atoms with E-state index in [0.717, 1.165) is 236 Å². The summed E-state index contributed by atoms with van der Waals surface area (Å²) in [5, 5.41) is 0. The molecule has 8 heterocycles. The van der Waals surface area contributed by atoms with Gasteiger partial charge in [0.15, 0.2) is 0 Å². The number of aryl methyl sites for hydroxylation is 4. The Bertz CT molecular complexity index is 3090. The molecule has 19 nitrogen and oxygen atoms in total. The lowest BCUT2D eigenvalue weighted by molar-refractivity contribution is 0.00315. The van der Waals surface area contributed by atoms with Gasteiger partial charge in [-0.05, 0) is 161 Å².